The molecule has 0 aliphatic heterocycles. The van der Waals surface area contributed by atoms with E-state index in [2.05, 4.69) is 35.0 Å². The summed E-state index contributed by atoms with van der Waals surface area (Å²) in [5.74, 6) is -0.333. The number of nitrogens with one attached hydrogen (secondary N) is 1. The fourth-order valence-electron chi connectivity index (χ4n) is 4.07. The van der Waals surface area contributed by atoms with Gasteiger partial charge in [0.25, 0.3) is 5.56 Å². The van der Waals surface area contributed by atoms with Crippen LogP contribution in [0.5, 0.6) is 0 Å². The van der Waals surface area contributed by atoms with E-state index in [-0.39, 0.29) is 28.6 Å². The third kappa shape index (κ3) is 3.57. The van der Waals surface area contributed by atoms with Crippen LogP contribution in [0.1, 0.15) is 66.4 Å². The summed E-state index contributed by atoms with van der Waals surface area (Å²) in [5, 5.41) is 13.7. The maximum atomic E-state index is 12.9. The van der Waals surface area contributed by atoms with E-state index in [1.807, 2.05) is 6.07 Å². The topological polar surface area (TPSA) is 139 Å². The monoisotopic (exact) mass is 467 g/mol. The van der Waals surface area contributed by atoms with Crippen LogP contribution in [0.15, 0.2) is 35.6 Å². The van der Waals surface area contributed by atoms with Gasteiger partial charge in [-0.25, -0.2) is 29.6 Å². The predicted molar refractivity (Wildman–Crippen MR) is 110 cm³/mol. The van der Waals surface area contributed by atoms with E-state index >= 15 is 0 Å². The van der Waals surface area contributed by atoms with Crippen molar-refractivity contribution in [2.45, 2.75) is 43.8 Å². The van der Waals surface area contributed by atoms with Gasteiger partial charge in [-0.15, -0.1) is 0 Å². The lowest BCUT2D eigenvalue weighted by Gasteiger charge is -2.34. The van der Waals surface area contributed by atoms with Crippen LogP contribution in [-0.4, -0.2) is 39.7 Å². The highest BCUT2D eigenvalue weighted by atomic mass is 19.4. The van der Waals surface area contributed by atoms with Crippen molar-refractivity contribution in [2.24, 2.45) is 0 Å². The lowest BCUT2D eigenvalue weighted by molar-refractivity contribution is -0.145. The molecular formula is C21H16F3N9O. The smallest absolute Gasteiger partial charge is 0.310 e. The standard InChI is InChI=1S/C21H16F3N9O/c1-10(11-8-28-20(29-9-11)21(22,23)24)33-18-15(14(7-25)32-33)19(34)31-17(30-18)13-4-3-12(13)16-26-5-2-6-27-16/h2,5-6,8-10,12-13H,3-4H2,1H3,(H,30,31,34)/t10?,12-,13-/m0/s1. The third-order valence-corrected chi connectivity index (χ3v) is 6.00. The van der Waals surface area contributed by atoms with Crippen molar-refractivity contribution in [2.75, 3.05) is 0 Å². The fraction of sp³-hybridized carbons (Fsp3) is 0.333. The zero-order valence-corrected chi connectivity index (χ0v) is 17.7. The first-order valence-electron chi connectivity index (χ1n) is 10.4. The highest BCUT2D eigenvalue weighted by Crippen LogP contribution is 2.46. The minimum absolute atomic E-state index is 0.0118. The van der Waals surface area contributed by atoms with Crippen LogP contribution < -0.4 is 5.56 Å². The fourth-order valence-corrected chi connectivity index (χ4v) is 4.07. The zero-order valence-electron chi connectivity index (χ0n) is 17.7. The molecule has 13 heteroatoms. The average Bonchev–Trinajstić information content (AvgIpc) is 3.17. The zero-order chi connectivity index (χ0) is 24.0. The highest BCUT2D eigenvalue weighted by molar-refractivity contribution is 5.80. The quantitative estimate of drug-likeness (QED) is 0.483. The average molecular weight is 467 g/mol. The van der Waals surface area contributed by atoms with Crippen molar-refractivity contribution in [3.63, 3.8) is 0 Å². The molecule has 10 nitrogen and oxygen atoms in total. The number of nitriles is 1. The Morgan fingerprint density at radius 3 is 2.41 bits per heavy atom. The molecule has 0 spiro atoms. The molecule has 0 amide bonds. The summed E-state index contributed by atoms with van der Waals surface area (Å²) < 4.78 is 39.8. The van der Waals surface area contributed by atoms with Crippen LogP contribution in [0.2, 0.25) is 0 Å². The van der Waals surface area contributed by atoms with E-state index < -0.39 is 23.6 Å². The Bertz CT molecular complexity index is 1460. The van der Waals surface area contributed by atoms with Crippen LogP contribution in [-0.2, 0) is 6.18 Å². The van der Waals surface area contributed by atoms with Gasteiger partial charge < -0.3 is 4.98 Å². The van der Waals surface area contributed by atoms with Gasteiger partial charge in [-0.1, -0.05) is 0 Å². The summed E-state index contributed by atoms with van der Waals surface area (Å²) in [5.41, 5.74) is -0.183. The summed E-state index contributed by atoms with van der Waals surface area (Å²) in [6.45, 7) is 1.64. The van der Waals surface area contributed by atoms with E-state index in [1.54, 1.807) is 25.4 Å². The molecule has 4 aromatic rings. The van der Waals surface area contributed by atoms with Crippen molar-refractivity contribution in [3.8, 4) is 6.07 Å². The lowest BCUT2D eigenvalue weighted by atomic mass is 9.72. The molecule has 4 heterocycles. The number of nitrogens with zero attached hydrogens (tertiary/aromatic N) is 8. The Balaban J connectivity index is 1.57. The number of hydrogen-bond donors (Lipinski definition) is 1. The van der Waals surface area contributed by atoms with Crippen LogP contribution in [0.4, 0.5) is 13.2 Å². The van der Waals surface area contributed by atoms with Gasteiger partial charge in [0.05, 0.1) is 6.04 Å². The molecule has 172 valence electrons. The molecule has 1 saturated carbocycles. The minimum atomic E-state index is -4.67. The molecule has 4 aromatic heterocycles. The van der Waals surface area contributed by atoms with Crippen molar-refractivity contribution < 1.29 is 13.2 Å². The van der Waals surface area contributed by atoms with Gasteiger partial charge in [0.15, 0.2) is 11.3 Å². The summed E-state index contributed by atoms with van der Waals surface area (Å²) in [4.78, 5) is 35.7. The second-order valence-electron chi connectivity index (χ2n) is 7.97. The molecule has 3 atom stereocenters. The van der Waals surface area contributed by atoms with Crippen molar-refractivity contribution in [1.29, 1.82) is 5.26 Å². The van der Waals surface area contributed by atoms with Gasteiger partial charge in [-0.3, -0.25) is 4.79 Å². The molecular weight excluding hydrogens is 451 g/mol. The second-order valence-corrected chi connectivity index (χ2v) is 7.97. The number of H-pyrrole nitrogens is 1. The van der Waals surface area contributed by atoms with E-state index in [1.165, 1.54) is 4.68 Å². The van der Waals surface area contributed by atoms with Gasteiger partial charge in [0.1, 0.15) is 23.1 Å². The van der Waals surface area contributed by atoms with Gasteiger partial charge in [-0.2, -0.15) is 23.5 Å². The molecule has 34 heavy (non-hydrogen) atoms. The molecule has 0 saturated heterocycles. The van der Waals surface area contributed by atoms with Gasteiger partial charge >= 0.3 is 6.18 Å². The maximum Gasteiger partial charge on any atom is 0.451 e. The molecule has 1 fully saturated rings. The normalized spacial score (nSPS) is 18.9. The van der Waals surface area contributed by atoms with Gasteiger partial charge in [0, 0.05) is 42.2 Å². The Kier molecular flexibility index (Phi) is 5.07. The Labute approximate surface area is 189 Å². The minimum Gasteiger partial charge on any atom is -0.310 e. The molecule has 1 aliphatic rings. The van der Waals surface area contributed by atoms with E-state index in [4.69, 9.17) is 0 Å². The summed E-state index contributed by atoms with van der Waals surface area (Å²) >= 11 is 0. The first-order chi connectivity index (χ1) is 16.3. The summed E-state index contributed by atoms with van der Waals surface area (Å²) in [6, 6.07) is 2.91. The molecule has 1 N–H and O–H groups in total. The first-order valence-corrected chi connectivity index (χ1v) is 10.4. The number of fused-ring (bicyclic) bond motifs is 1. The van der Waals surface area contributed by atoms with Crippen LogP contribution in [0.25, 0.3) is 11.0 Å². The SMILES string of the molecule is CC(c1cnc(C(F)(F)F)nc1)n1nc(C#N)c2c(=O)[nH]c([C@H]3CC[C@@H]3c3ncccn3)nc21. The number of aromatic amines is 1. The predicted octanol–water partition coefficient (Wildman–Crippen LogP) is 2.86. The molecule has 5 rings (SSSR count). The molecule has 1 unspecified atom stereocenters. The highest BCUT2D eigenvalue weighted by Gasteiger charge is 2.38. The number of rotatable bonds is 4. The van der Waals surface area contributed by atoms with Crippen molar-refractivity contribution in [1.82, 2.24) is 39.7 Å². The lowest BCUT2D eigenvalue weighted by Crippen LogP contribution is -2.28. The molecule has 0 radical (unpaired) electrons. The van der Waals surface area contributed by atoms with E-state index in [9.17, 15) is 23.2 Å². The Hall–Kier alpha value is -4.21. The number of halogens is 3. The molecule has 1 aliphatic carbocycles. The van der Waals surface area contributed by atoms with Crippen molar-refractivity contribution in [3.05, 3.63) is 69.9 Å². The Morgan fingerprint density at radius 2 is 1.82 bits per heavy atom. The Morgan fingerprint density at radius 1 is 1.15 bits per heavy atom. The second kappa shape index (κ2) is 7.98. The first kappa shape index (κ1) is 21.6. The van der Waals surface area contributed by atoms with Gasteiger partial charge in [0.2, 0.25) is 5.82 Å². The number of alkyl halides is 3. The van der Waals surface area contributed by atoms with Crippen LogP contribution in [0.3, 0.4) is 0 Å². The van der Waals surface area contributed by atoms with Crippen LogP contribution in [0, 0.1) is 11.3 Å². The van der Waals surface area contributed by atoms with E-state index in [0.29, 0.717) is 17.2 Å². The summed E-state index contributed by atoms with van der Waals surface area (Å²) in [6.07, 6.45) is 2.32. The number of hydrogen-bond acceptors (Lipinski definition) is 8. The molecule has 0 aromatic carbocycles. The largest absolute Gasteiger partial charge is 0.451 e. The third-order valence-electron chi connectivity index (χ3n) is 6.00. The van der Waals surface area contributed by atoms with Crippen molar-refractivity contribution >= 4 is 11.0 Å². The number of aromatic nitrogens is 8. The summed E-state index contributed by atoms with van der Waals surface area (Å²) in [7, 11) is 0. The van der Waals surface area contributed by atoms with E-state index in [0.717, 1.165) is 25.2 Å². The van der Waals surface area contributed by atoms with Gasteiger partial charge in [-0.05, 0) is 25.8 Å². The van der Waals surface area contributed by atoms with Crippen LogP contribution >= 0.6 is 0 Å². The molecule has 0 bridgehead atoms. The maximum absolute atomic E-state index is 12.9.